The van der Waals surface area contributed by atoms with E-state index in [0.29, 0.717) is 57.4 Å². The first-order chi connectivity index (χ1) is 17.9. The number of rotatable bonds is 8. The number of carbonyl (C=O) groups is 2. The highest BCUT2D eigenvalue weighted by Crippen LogP contribution is 2.39. The Morgan fingerprint density at radius 3 is 2.59 bits per heavy atom. The van der Waals surface area contributed by atoms with Crippen LogP contribution in [0.5, 0.6) is 5.75 Å². The predicted molar refractivity (Wildman–Crippen MR) is 137 cm³/mol. The van der Waals surface area contributed by atoms with Crippen molar-refractivity contribution < 1.29 is 18.7 Å². The maximum absolute atomic E-state index is 13.1. The van der Waals surface area contributed by atoms with Gasteiger partial charge in [-0.25, -0.2) is 9.37 Å². The van der Waals surface area contributed by atoms with Crippen LogP contribution >= 0.6 is 0 Å². The highest BCUT2D eigenvalue weighted by atomic mass is 19.1. The monoisotopic (exact) mass is 501 g/mol. The van der Waals surface area contributed by atoms with Gasteiger partial charge in [-0.2, -0.15) is 0 Å². The Morgan fingerprint density at radius 1 is 1.19 bits per heavy atom. The molecule has 1 saturated carbocycles. The summed E-state index contributed by atoms with van der Waals surface area (Å²) in [6, 6.07) is 11.9. The van der Waals surface area contributed by atoms with Crippen molar-refractivity contribution >= 4 is 28.8 Å². The van der Waals surface area contributed by atoms with Crippen molar-refractivity contribution in [3.8, 4) is 28.1 Å². The van der Waals surface area contributed by atoms with Crippen LogP contribution in [0.2, 0.25) is 0 Å². The number of nitrogen functional groups attached to an aromatic ring is 1. The van der Waals surface area contributed by atoms with Gasteiger partial charge in [0.25, 0.3) is 11.8 Å². The van der Waals surface area contributed by atoms with Crippen molar-refractivity contribution in [3.63, 3.8) is 0 Å². The molecule has 10 nitrogen and oxygen atoms in total. The predicted octanol–water partition coefficient (Wildman–Crippen LogP) is 3.61. The van der Waals surface area contributed by atoms with Gasteiger partial charge in [0, 0.05) is 23.4 Å². The molecule has 37 heavy (non-hydrogen) atoms. The number of nitrogens with zero attached hydrogens (tertiary/aromatic N) is 4. The lowest BCUT2D eigenvalue weighted by molar-refractivity contribution is -0.114. The van der Waals surface area contributed by atoms with E-state index >= 15 is 0 Å². The molecule has 2 aromatic heterocycles. The van der Waals surface area contributed by atoms with Gasteiger partial charge >= 0.3 is 0 Å². The van der Waals surface area contributed by atoms with Crippen molar-refractivity contribution in [2.24, 2.45) is 5.92 Å². The van der Waals surface area contributed by atoms with Gasteiger partial charge in [-0.3, -0.25) is 9.59 Å². The number of nitrogens with one attached hydrogen (secondary N) is 2. The average Bonchev–Trinajstić information content (AvgIpc) is 3.65. The van der Waals surface area contributed by atoms with Crippen molar-refractivity contribution in [2.45, 2.75) is 12.8 Å². The quantitative estimate of drug-likeness (QED) is 0.314. The first-order valence-electron chi connectivity index (χ1n) is 11.6. The van der Waals surface area contributed by atoms with E-state index in [2.05, 4.69) is 32.4 Å². The minimum absolute atomic E-state index is 0.202. The number of methoxy groups -OCH3 is 1. The number of benzene rings is 2. The van der Waals surface area contributed by atoms with E-state index in [4.69, 9.17) is 10.5 Å². The van der Waals surface area contributed by atoms with E-state index in [-0.39, 0.29) is 11.7 Å². The topological polar surface area (TPSA) is 137 Å². The minimum atomic E-state index is -1.08. The lowest BCUT2D eigenvalue weighted by atomic mass is 9.98. The molecule has 4 aromatic rings. The number of halogens is 1. The molecule has 5 rings (SSSR count). The zero-order valence-corrected chi connectivity index (χ0v) is 20.0. The molecule has 1 aliphatic rings. The van der Waals surface area contributed by atoms with E-state index in [0.717, 1.165) is 12.8 Å². The standard InChI is InChI=1S/C26H24FN7O3/c1-14(27)25(35)32-18-8-5-16(6-9-18)22-21(23-24(28)30-13-31-34(23)33-22)17-7-10-19(20(11-17)37-2)26(36)29-12-15-3-4-15/h5-11,13,15H,1,3-4,12H2,2H3,(H,29,36)(H,32,35)(H2,28,30,31). The highest BCUT2D eigenvalue weighted by molar-refractivity contribution is 6.02. The zero-order chi connectivity index (χ0) is 26.1. The van der Waals surface area contributed by atoms with Crippen molar-refractivity contribution in [2.75, 3.05) is 24.7 Å². The second-order valence-electron chi connectivity index (χ2n) is 8.71. The number of hydrogen-bond donors (Lipinski definition) is 3. The Hall–Kier alpha value is -4.80. The fourth-order valence-electron chi connectivity index (χ4n) is 3.99. The van der Waals surface area contributed by atoms with E-state index in [1.165, 1.54) is 18.1 Å². The van der Waals surface area contributed by atoms with Crippen LogP contribution in [0.25, 0.3) is 27.9 Å². The van der Waals surface area contributed by atoms with Gasteiger partial charge in [0.2, 0.25) is 0 Å². The smallest absolute Gasteiger partial charge is 0.283 e. The van der Waals surface area contributed by atoms with Gasteiger partial charge in [0.15, 0.2) is 11.6 Å². The molecule has 1 fully saturated rings. The van der Waals surface area contributed by atoms with E-state index in [1.54, 1.807) is 42.5 Å². The number of anilines is 2. The molecule has 1 aliphatic carbocycles. The molecule has 0 saturated heterocycles. The van der Waals surface area contributed by atoms with Gasteiger partial charge in [-0.15, -0.1) is 14.8 Å². The fourth-order valence-corrected chi connectivity index (χ4v) is 3.99. The summed E-state index contributed by atoms with van der Waals surface area (Å²) in [5.41, 5.74) is 10.0. The summed E-state index contributed by atoms with van der Waals surface area (Å²) in [7, 11) is 1.50. The number of aromatic nitrogens is 4. The normalized spacial score (nSPS) is 12.8. The third-order valence-electron chi connectivity index (χ3n) is 6.11. The van der Waals surface area contributed by atoms with Gasteiger partial charge in [-0.05, 0) is 48.6 Å². The third-order valence-corrected chi connectivity index (χ3v) is 6.11. The summed E-state index contributed by atoms with van der Waals surface area (Å²) < 4.78 is 20.0. The SMILES string of the molecule is C=C(F)C(=O)Nc1ccc(-c2nn3ncnc(N)c3c2-c2ccc(C(=O)NCC3CC3)c(OC)c2)cc1. The zero-order valence-electron chi connectivity index (χ0n) is 20.0. The molecule has 2 amide bonds. The van der Waals surface area contributed by atoms with Gasteiger partial charge in [-0.1, -0.05) is 24.8 Å². The van der Waals surface area contributed by atoms with E-state index in [1.807, 2.05) is 0 Å². The summed E-state index contributed by atoms with van der Waals surface area (Å²) >= 11 is 0. The van der Waals surface area contributed by atoms with Gasteiger partial charge in [0.1, 0.15) is 23.3 Å². The summed E-state index contributed by atoms with van der Waals surface area (Å²) in [5.74, 6) is -1.03. The second-order valence-corrected chi connectivity index (χ2v) is 8.71. The van der Waals surface area contributed by atoms with Gasteiger partial charge < -0.3 is 21.1 Å². The van der Waals surface area contributed by atoms with Crippen LogP contribution in [-0.4, -0.2) is 45.3 Å². The Bertz CT molecular complexity index is 1530. The Kier molecular flexibility index (Phi) is 6.26. The Labute approximate surface area is 211 Å². The number of ether oxygens (including phenoxy) is 1. The summed E-state index contributed by atoms with van der Waals surface area (Å²) in [5, 5.41) is 14.2. The third kappa shape index (κ3) is 4.83. The molecule has 4 N–H and O–H groups in total. The molecular formula is C26H24FN7O3. The van der Waals surface area contributed by atoms with Gasteiger partial charge in [0.05, 0.1) is 12.7 Å². The Morgan fingerprint density at radius 2 is 1.92 bits per heavy atom. The summed E-state index contributed by atoms with van der Waals surface area (Å²) in [4.78, 5) is 28.5. The molecular weight excluding hydrogens is 477 g/mol. The van der Waals surface area contributed by atoms with Crippen LogP contribution in [0.15, 0.2) is 61.2 Å². The van der Waals surface area contributed by atoms with Crippen LogP contribution in [0.4, 0.5) is 15.9 Å². The number of amides is 2. The molecule has 2 aromatic carbocycles. The molecule has 0 unspecified atom stereocenters. The molecule has 188 valence electrons. The largest absolute Gasteiger partial charge is 0.496 e. The number of hydrogen-bond acceptors (Lipinski definition) is 7. The maximum Gasteiger partial charge on any atom is 0.283 e. The molecule has 11 heteroatoms. The number of nitrogens with two attached hydrogens (primary N) is 1. The van der Waals surface area contributed by atoms with Crippen molar-refractivity contribution in [1.82, 2.24) is 25.1 Å². The lowest BCUT2D eigenvalue weighted by Crippen LogP contribution is -2.25. The summed E-state index contributed by atoms with van der Waals surface area (Å²) in [6.45, 7) is 3.64. The minimum Gasteiger partial charge on any atom is -0.496 e. The van der Waals surface area contributed by atoms with Crippen LogP contribution in [0, 0.1) is 5.92 Å². The Balaban J connectivity index is 1.57. The number of carbonyl (C=O) groups excluding carboxylic acids is 2. The summed E-state index contributed by atoms with van der Waals surface area (Å²) in [6.07, 6.45) is 3.57. The highest BCUT2D eigenvalue weighted by Gasteiger charge is 2.24. The number of fused-ring (bicyclic) bond motifs is 1. The molecule has 0 radical (unpaired) electrons. The molecule has 0 atom stereocenters. The fraction of sp³-hybridized carbons (Fsp3) is 0.192. The molecule has 2 heterocycles. The first kappa shape index (κ1) is 23.9. The van der Waals surface area contributed by atoms with Crippen LogP contribution in [-0.2, 0) is 4.79 Å². The average molecular weight is 502 g/mol. The maximum atomic E-state index is 13.1. The van der Waals surface area contributed by atoms with Crippen molar-refractivity contribution in [3.05, 3.63) is 66.8 Å². The second kappa shape index (κ2) is 9.69. The van der Waals surface area contributed by atoms with Crippen molar-refractivity contribution in [1.29, 1.82) is 0 Å². The molecule has 0 spiro atoms. The van der Waals surface area contributed by atoms with Crippen LogP contribution < -0.4 is 21.1 Å². The first-order valence-corrected chi connectivity index (χ1v) is 11.6. The van der Waals surface area contributed by atoms with E-state index < -0.39 is 11.7 Å². The molecule has 0 aliphatic heterocycles. The lowest BCUT2D eigenvalue weighted by Gasteiger charge is -2.12. The molecule has 0 bridgehead atoms. The van der Waals surface area contributed by atoms with Crippen LogP contribution in [0.1, 0.15) is 23.2 Å². The van der Waals surface area contributed by atoms with Crippen LogP contribution in [0.3, 0.4) is 0 Å². The van der Waals surface area contributed by atoms with E-state index in [9.17, 15) is 14.0 Å².